The topological polar surface area (TPSA) is 12.0 Å². The molecule has 80 valence electrons. The zero-order valence-electron chi connectivity index (χ0n) is 8.87. The Morgan fingerprint density at radius 1 is 0.714 bits per heavy atom. The minimum absolute atomic E-state index is 0.869. The molecule has 0 aromatic rings. The first-order valence-electron chi connectivity index (χ1n) is 6.35. The van der Waals surface area contributed by atoms with Crippen LogP contribution in [0.25, 0.3) is 0 Å². The van der Waals surface area contributed by atoms with Gasteiger partial charge in [-0.05, 0) is 25.7 Å². The van der Waals surface area contributed by atoms with Crippen molar-refractivity contribution in [1.82, 2.24) is 5.32 Å². The monoisotopic (exact) mass is 211 g/mol. The van der Waals surface area contributed by atoms with E-state index in [1.807, 2.05) is 0 Å². The highest BCUT2D eigenvalue weighted by Crippen LogP contribution is 2.41. The molecule has 14 heavy (non-hydrogen) atoms. The van der Waals surface area contributed by atoms with Crippen molar-refractivity contribution in [3.8, 4) is 0 Å². The molecule has 1 nitrogen and oxygen atoms in total. The number of hydrogen-bond donors (Lipinski definition) is 1. The molecule has 0 amide bonds. The summed E-state index contributed by atoms with van der Waals surface area (Å²) in [5.41, 5.74) is 0. The quantitative estimate of drug-likeness (QED) is 0.661. The third-order valence-electron chi connectivity index (χ3n) is 4.18. The SMILES string of the molecule is C1CC[C@H]2N[C@@H]3CCCC[C@@H]3S[C@H]2C1. The lowest BCUT2D eigenvalue weighted by Gasteiger charge is -2.46. The summed E-state index contributed by atoms with van der Waals surface area (Å²) in [6, 6.07) is 1.74. The van der Waals surface area contributed by atoms with Gasteiger partial charge in [0.05, 0.1) is 0 Å². The molecule has 0 spiro atoms. The van der Waals surface area contributed by atoms with Crippen LogP contribution >= 0.6 is 11.8 Å². The van der Waals surface area contributed by atoms with Gasteiger partial charge in [-0.3, -0.25) is 0 Å². The van der Waals surface area contributed by atoms with E-state index in [1.54, 1.807) is 0 Å². The van der Waals surface area contributed by atoms with E-state index in [0.717, 1.165) is 22.6 Å². The molecular formula is C12H21NS. The highest BCUT2D eigenvalue weighted by Gasteiger charge is 2.38. The molecular weight excluding hydrogens is 190 g/mol. The maximum Gasteiger partial charge on any atom is 0.0204 e. The van der Waals surface area contributed by atoms with Crippen LogP contribution in [-0.2, 0) is 0 Å². The van der Waals surface area contributed by atoms with Crippen LogP contribution in [0.15, 0.2) is 0 Å². The summed E-state index contributed by atoms with van der Waals surface area (Å²) >= 11 is 2.34. The number of thioether (sulfide) groups is 1. The van der Waals surface area contributed by atoms with E-state index >= 15 is 0 Å². The first-order valence-corrected chi connectivity index (χ1v) is 7.29. The van der Waals surface area contributed by atoms with Gasteiger partial charge in [-0.25, -0.2) is 0 Å². The smallest absolute Gasteiger partial charge is 0.0204 e. The lowest BCUT2D eigenvalue weighted by molar-refractivity contribution is 0.284. The van der Waals surface area contributed by atoms with Gasteiger partial charge in [0.25, 0.3) is 0 Å². The first-order chi connectivity index (χ1) is 6.93. The van der Waals surface area contributed by atoms with Gasteiger partial charge in [-0.2, -0.15) is 11.8 Å². The Labute approximate surface area is 91.4 Å². The molecule has 3 fully saturated rings. The maximum atomic E-state index is 3.94. The van der Waals surface area contributed by atoms with Crippen LogP contribution < -0.4 is 5.32 Å². The molecule has 0 bridgehead atoms. The van der Waals surface area contributed by atoms with Crippen molar-refractivity contribution < 1.29 is 0 Å². The van der Waals surface area contributed by atoms with Gasteiger partial charge in [0.15, 0.2) is 0 Å². The van der Waals surface area contributed by atoms with E-state index in [4.69, 9.17) is 0 Å². The van der Waals surface area contributed by atoms with Gasteiger partial charge >= 0.3 is 0 Å². The Morgan fingerprint density at radius 3 is 1.79 bits per heavy atom. The fraction of sp³-hybridized carbons (Fsp3) is 1.00. The minimum atomic E-state index is 0.869. The molecule has 0 radical (unpaired) electrons. The summed E-state index contributed by atoms with van der Waals surface area (Å²) in [4.78, 5) is 0. The number of rotatable bonds is 0. The predicted molar refractivity (Wildman–Crippen MR) is 62.8 cm³/mol. The second-order valence-electron chi connectivity index (χ2n) is 5.16. The summed E-state index contributed by atoms with van der Waals surface area (Å²) in [6.45, 7) is 0. The molecule has 0 unspecified atom stereocenters. The van der Waals surface area contributed by atoms with Crippen molar-refractivity contribution in [2.24, 2.45) is 0 Å². The molecule has 1 saturated heterocycles. The highest BCUT2D eigenvalue weighted by molar-refractivity contribution is 8.00. The van der Waals surface area contributed by atoms with Crippen molar-refractivity contribution in [2.45, 2.75) is 74.0 Å². The third kappa shape index (κ3) is 1.71. The van der Waals surface area contributed by atoms with E-state index in [2.05, 4.69) is 17.1 Å². The van der Waals surface area contributed by atoms with Crippen LogP contribution in [0.5, 0.6) is 0 Å². The van der Waals surface area contributed by atoms with Gasteiger partial charge in [0, 0.05) is 22.6 Å². The van der Waals surface area contributed by atoms with E-state index in [1.165, 1.54) is 51.4 Å². The van der Waals surface area contributed by atoms with Crippen LogP contribution in [0, 0.1) is 0 Å². The molecule has 2 aliphatic carbocycles. The van der Waals surface area contributed by atoms with Gasteiger partial charge in [-0.15, -0.1) is 0 Å². The second-order valence-corrected chi connectivity index (χ2v) is 6.64. The molecule has 0 aromatic carbocycles. The van der Waals surface area contributed by atoms with Crippen LogP contribution in [-0.4, -0.2) is 22.6 Å². The van der Waals surface area contributed by atoms with Crippen LogP contribution in [0.3, 0.4) is 0 Å². The maximum absolute atomic E-state index is 3.94. The number of nitrogens with one attached hydrogen (secondary N) is 1. The van der Waals surface area contributed by atoms with Crippen molar-refractivity contribution in [3.63, 3.8) is 0 Å². The van der Waals surface area contributed by atoms with Crippen LogP contribution in [0.4, 0.5) is 0 Å². The molecule has 1 N–H and O–H groups in total. The molecule has 2 heteroatoms. The van der Waals surface area contributed by atoms with E-state index in [9.17, 15) is 0 Å². The summed E-state index contributed by atoms with van der Waals surface area (Å²) in [5, 5.41) is 5.86. The Kier molecular flexibility index (Phi) is 2.76. The average Bonchev–Trinajstić information content (AvgIpc) is 2.26. The van der Waals surface area contributed by atoms with E-state index < -0.39 is 0 Å². The Bertz CT molecular complexity index is 164. The normalized spacial score (nSPS) is 48.0. The van der Waals surface area contributed by atoms with Crippen molar-refractivity contribution in [3.05, 3.63) is 0 Å². The van der Waals surface area contributed by atoms with Crippen LogP contribution in [0.1, 0.15) is 51.4 Å². The van der Waals surface area contributed by atoms with Gasteiger partial charge < -0.3 is 5.32 Å². The lowest BCUT2D eigenvalue weighted by atomic mass is 9.89. The Balaban J connectivity index is 1.68. The van der Waals surface area contributed by atoms with Crippen molar-refractivity contribution >= 4 is 11.8 Å². The van der Waals surface area contributed by atoms with Crippen molar-refractivity contribution in [2.75, 3.05) is 0 Å². The third-order valence-corrected chi connectivity index (χ3v) is 6.01. The minimum Gasteiger partial charge on any atom is -0.309 e. The lowest BCUT2D eigenvalue weighted by Crippen LogP contribution is -2.56. The van der Waals surface area contributed by atoms with Crippen molar-refractivity contribution in [1.29, 1.82) is 0 Å². The summed E-state index contributed by atoms with van der Waals surface area (Å²) in [5.74, 6) is 0. The molecule has 1 heterocycles. The number of hydrogen-bond acceptors (Lipinski definition) is 2. The van der Waals surface area contributed by atoms with Gasteiger partial charge in [-0.1, -0.05) is 25.7 Å². The number of fused-ring (bicyclic) bond motifs is 2. The molecule has 1 aliphatic heterocycles. The summed E-state index contributed by atoms with van der Waals surface area (Å²) in [7, 11) is 0. The van der Waals surface area contributed by atoms with Gasteiger partial charge in [0.2, 0.25) is 0 Å². The first kappa shape index (κ1) is 9.53. The van der Waals surface area contributed by atoms with E-state index in [0.29, 0.717) is 0 Å². The Hall–Kier alpha value is 0.310. The molecule has 3 aliphatic rings. The fourth-order valence-corrected chi connectivity index (χ4v) is 5.26. The molecule has 3 rings (SSSR count). The van der Waals surface area contributed by atoms with E-state index in [-0.39, 0.29) is 0 Å². The van der Waals surface area contributed by atoms with Gasteiger partial charge in [0.1, 0.15) is 0 Å². The molecule has 4 atom stereocenters. The zero-order valence-corrected chi connectivity index (χ0v) is 9.69. The second kappa shape index (κ2) is 4.05. The van der Waals surface area contributed by atoms with Crippen LogP contribution in [0.2, 0.25) is 0 Å². The Morgan fingerprint density at radius 2 is 1.21 bits per heavy atom. The highest BCUT2D eigenvalue weighted by atomic mass is 32.2. The summed E-state index contributed by atoms with van der Waals surface area (Å²) in [6.07, 6.45) is 11.7. The summed E-state index contributed by atoms with van der Waals surface area (Å²) < 4.78 is 0. The molecule has 2 saturated carbocycles. The predicted octanol–water partition coefficient (Wildman–Crippen LogP) is 2.95. The fourth-order valence-electron chi connectivity index (χ4n) is 3.40. The average molecular weight is 211 g/mol. The largest absolute Gasteiger partial charge is 0.309 e. The standard InChI is InChI=1S/C12H21NS/c1-3-7-11-9(5-1)13-10-6-2-4-8-12(10)14-11/h9-13H,1-8H2/t9-,10-,11+,12+/m1/s1. The zero-order chi connectivity index (χ0) is 9.38. The molecule has 0 aromatic heterocycles.